The molecule has 1 N–H and O–H groups in total. The average Bonchev–Trinajstić information content (AvgIpc) is 2.97. The Morgan fingerprint density at radius 2 is 1.79 bits per heavy atom. The summed E-state index contributed by atoms with van der Waals surface area (Å²) in [6, 6.07) is 4.86. The van der Waals surface area contributed by atoms with E-state index in [0.717, 1.165) is 0 Å². The number of nitrogens with one attached hydrogen (secondary N) is 1. The van der Waals surface area contributed by atoms with Crippen LogP contribution in [0.4, 0.5) is 13.2 Å². The Morgan fingerprint density at radius 1 is 1.21 bits per heavy atom. The van der Waals surface area contributed by atoms with Crippen LogP contribution in [0.15, 0.2) is 23.1 Å². The van der Waals surface area contributed by atoms with E-state index in [1.54, 1.807) is 31.3 Å². The van der Waals surface area contributed by atoms with E-state index < -0.39 is 33.2 Å². The van der Waals surface area contributed by atoms with Gasteiger partial charge in [0, 0.05) is 0 Å². The lowest BCUT2D eigenvalue weighted by molar-refractivity contribution is -0.139. The predicted molar refractivity (Wildman–Crippen MR) is 83.4 cm³/mol. The monoisotopic (exact) mass is 363 g/mol. The van der Waals surface area contributed by atoms with Crippen LogP contribution < -0.4 is 5.32 Å². The molecule has 1 aliphatic rings. The van der Waals surface area contributed by atoms with Gasteiger partial charge >= 0.3 is 6.18 Å². The second-order valence-electron chi connectivity index (χ2n) is 6.27. The minimum Gasteiger partial charge on any atom is -0.346 e. The maximum absolute atomic E-state index is 13.2. The van der Waals surface area contributed by atoms with E-state index >= 15 is 0 Å². The zero-order valence-electron chi connectivity index (χ0n) is 13.5. The number of rotatable bonds is 4. The molecule has 2 rings (SSSR count). The van der Waals surface area contributed by atoms with Gasteiger partial charge in [0.05, 0.1) is 4.90 Å². The van der Waals surface area contributed by atoms with Gasteiger partial charge in [0.25, 0.3) is 0 Å². The number of benzene rings is 1. The average molecular weight is 363 g/mol. The van der Waals surface area contributed by atoms with Gasteiger partial charge < -0.3 is 5.32 Å². The summed E-state index contributed by atoms with van der Waals surface area (Å²) in [6.45, 7) is 1.81. The zero-order valence-corrected chi connectivity index (χ0v) is 14.4. The SMILES string of the molecule is Cc1ccc(C)c(S(=O)(=O)C2(C(=O)NCC(F)(F)F)CCCC2)c1. The molecule has 134 valence electrons. The van der Waals surface area contributed by atoms with E-state index in [1.165, 1.54) is 6.07 Å². The molecule has 0 radical (unpaired) electrons. The molecule has 1 aromatic rings. The molecule has 0 saturated heterocycles. The number of amides is 1. The molecule has 0 aromatic heterocycles. The molecule has 4 nitrogen and oxygen atoms in total. The van der Waals surface area contributed by atoms with Crippen LogP contribution in [0.1, 0.15) is 36.8 Å². The smallest absolute Gasteiger partial charge is 0.346 e. The Balaban J connectivity index is 2.45. The summed E-state index contributed by atoms with van der Waals surface area (Å²) in [6.07, 6.45) is -3.54. The summed E-state index contributed by atoms with van der Waals surface area (Å²) in [5.74, 6) is -1.06. The highest BCUT2D eigenvalue weighted by molar-refractivity contribution is 7.93. The fourth-order valence-electron chi connectivity index (χ4n) is 3.11. The summed E-state index contributed by atoms with van der Waals surface area (Å²) in [7, 11) is -4.10. The van der Waals surface area contributed by atoms with Gasteiger partial charge in [-0.05, 0) is 43.9 Å². The van der Waals surface area contributed by atoms with E-state index in [1.807, 2.05) is 0 Å². The van der Waals surface area contributed by atoms with Gasteiger partial charge in [0.1, 0.15) is 6.54 Å². The molecule has 0 unspecified atom stereocenters. The quantitative estimate of drug-likeness (QED) is 0.894. The lowest BCUT2D eigenvalue weighted by Crippen LogP contribution is -2.52. The molecule has 0 aliphatic heterocycles. The van der Waals surface area contributed by atoms with Crippen molar-refractivity contribution in [3.05, 3.63) is 29.3 Å². The van der Waals surface area contributed by atoms with Crippen molar-refractivity contribution in [1.29, 1.82) is 0 Å². The molecular formula is C16H20F3NO3S. The third-order valence-electron chi connectivity index (χ3n) is 4.42. The number of hydrogen-bond donors (Lipinski definition) is 1. The second-order valence-corrected chi connectivity index (χ2v) is 8.50. The van der Waals surface area contributed by atoms with E-state index in [-0.39, 0.29) is 17.7 Å². The van der Waals surface area contributed by atoms with Gasteiger partial charge in [0.15, 0.2) is 14.6 Å². The Morgan fingerprint density at radius 3 is 2.33 bits per heavy atom. The molecule has 0 bridgehead atoms. The predicted octanol–water partition coefficient (Wildman–Crippen LogP) is 3.07. The van der Waals surface area contributed by atoms with E-state index in [0.29, 0.717) is 24.0 Å². The third-order valence-corrected chi connectivity index (χ3v) is 7.06. The Bertz CT molecular complexity index is 735. The number of carbonyl (C=O) groups is 1. The summed E-state index contributed by atoms with van der Waals surface area (Å²) in [5.41, 5.74) is 1.19. The minimum atomic E-state index is -4.58. The van der Waals surface area contributed by atoms with Crippen LogP contribution in [-0.4, -0.2) is 31.8 Å². The van der Waals surface area contributed by atoms with Gasteiger partial charge in [-0.3, -0.25) is 4.79 Å². The lowest BCUT2D eigenvalue weighted by atomic mass is 10.1. The van der Waals surface area contributed by atoms with Crippen LogP contribution in [-0.2, 0) is 14.6 Å². The molecule has 0 spiro atoms. The molecule has 1 amide bonds. The van der Waals surface area contributed by atoms with Gasteiger partial charge in [-0.1, -0.05) is 25.0 Å². The molecule has 1 aromatic carbocycles. The highest BCUT2D eigenvalue weighted by Gasteiger charge is 2.53. The van der Waals surface area contributed by atoms with Gasteiger partial charge in [0.2, 0.25) is 5.91 Å². The molecule has 0 atom stereocenters. The number of carbonyl (C=O) groups excluding carboxylic acids is 1. The van der Waals surface area contributed by atoms with Crippen LogP contribution in [0.2, 0.25) is 0 Å². The molecule has 1 fully saturated rings. The van der Waals surface area contributed by atoms with E-state index in [4.69, 9.17) is 0 Å². The normalized spacial score (nSPS) is 17.7. The van der Waals surface area contributed by atoms with Crippen molar-refractivity contribution in [3.63, 3.8) is 0 Å². The fraction of sp³-hybridized carbons (Fsp3) is 0.562. The first-order valence-electron chi connectivity index (χ1n) is 7.66. The molecule has 24 heavy (non-hydrogen) atoms. The number of alkyl halides is 3. The standard InChI is InChI=1S/C16H20F3NO3S/c1-11-5-6-12(2)13(9-11)24(22,23)15(7-3-4-8-15)14(21)20-10-16(17,18)19/h5-6,9H,3-4,7-8,10H2,1-2H3,(H,20,21). The molecule has 1 aliphatic carbocycles. The Labute approximate surface area is 139 Å². The second kappa shape index (κ2) is 6.38. The van der Waals surface area contributed by atoms with Crippen LogP contribution in [0.25, 0.3) is 0 Å². The summed E-state index contributed by atoms with van der Waals surface area (Å²) < 4.78 is 61.7. The largest absolute Gasteiger partial charge is 0.405 e. The number of sulfone groups is 1. The van der Waals surface area contributed by atoms with Gasteiger partial charge in [-0.25, -0.2) is 8.42 Å². The van der Waals surface area contributed by atoms with Crippen LogP contribution in [0.3, 0.4) is 0 Å². The number of hydrogen-bond acceptors (Lipinski definition) is 3. The van der Waals surface area contributed by atoms with Crippen LogP contribution >= 0.6 is 0 Å². The first kappa shape index (κ1) is 18.8. The summed E-state index contributed by atoms with van der Waals surface area (Å²) in [4.78, 5) is 12.5. The topological polar surface area (TPSA) is 63.2 Å². The molecular weight excluding hydrogens is 343 g/mol. The van der Waals surface area contributed by atoms with Crippen molar-refractivity contribution in [2.45, 2.75) is 55.3 Å². The summed E-state index contributed by atoms with van der Waals surface area (Å²) >= 11 is 0. The van der Waals surface area contributed by atoms with Crippen molar-refractivity contribution < 1.29 is 26.4 Å². The van der Waals surface area contributed by atoms with Crippen LogP contribution in [0.5, 0.6) is 0 Å². The van der Waals surface area contributed by atoms with Crippen molar-refractivity contribution >= 4 is 15.7 Å². The van der Waals surface area contributed by atoms with Crippen molar-refractivity contribution in [3.8, 4) is 0 Å². The highest BCUT2D eigenvalue weighted by Crippen LogP contribution is 2.41. The fourth-order valence-corrected chi connectivity index (χ4v) is 5.51. The van der Waals surface area contributed by atoms with Crippen LogP contribution in [0, 0.1) is 13.8 Å². The number of halogens is 3. The minimum absolute atomic E-state index is 0.0200. The maximum atomic E-state index is 13.2. The Kier molecular flexibility index (Phi) is 4.99. The Hall–Kier alpha value is -1.57. The first-order valence-corrected chi connectivity index (χ1v) is 9.15. The zero-order chi connectivity index (χ0) is 18.2. The first-order chi connectivity index (χ1) is 11.0. The molecule has 8 heteroatoms. The van der Waals surface area contributed by atoms with Gasteiger partial charge in [-0.15, -0.1) is 0 Å². The number of aryl methyl sites for hydroxylation is 2. The van der Waals surface area contributed by atoms with Crippen molar-refractivity contribution in [2.24, 2.45) is 0 Å². The maximum Gasteiger partial charge on any atom is 0.405 e. The molecule has 1 saturated carbocycles. The third kappa shape index (κ3) is 3.43. The highest BCUT2D eigenvalue weighted by atomic mass is 32.2. The van der Waals surface area contributed by atoms with Gasteiger partial charge in [-0.2, -0.15) is 13.2 Å². The van der Waals surface area contributed by atoms with E-state index in [9.17, 15) is 26.4 Å². The van der Waals surface area contributed by atoms with E-state index in [2.05, 4.69) is 0 Å². The summed E-state index contributed by atoms with van der Waals surface area (Å²) in [5, 5.41) is 1.77. The van der Waals surface area contributed by atoms with Crippen molar-refractivity contribution in [2.75, 3.05) is 6.54 Å². The lowest BCUT2D eigenvalue weighted by Gasteiger charge is -2.28. The molecule has 0 heterocycles. The van der Waals surface area contributed by atoms with Crippen molar-refractivity contribution in [1.82, 2.24) is 5.32 Å².